The van der Waals surface area contributed by atoms with Crippen molar-refractivity contribution < 1.29 is 18.8 Å². The van der Waals surface area contributed by atoms with E-state index in [1.54, 1.807) is 30.3 Å². The normalized spacial score (nSPS) is 11.7. The van der Waals surface area contributed by atoms with Crippen LogP contribution in [0.5, 0.6) is 5.75 Å². The van der Waals surface area contributed by atoms with E-state index < -0.39 is 17.7 Å². The second kappa shape index (κ2) is 15.0. The molecule has 0 radical (unpaired) electrons. The van der Waals surface area contributed by atoms with E-state index in [0.717, 1.165) is 11.1 Å². The maximum absolute atomic E-state index is 13.2. The predicted octanol–water partition coefficient (Wildman–Crippen LogP) is 6.35. The molecule has 41 heavy (non-hydrogen) atoms. The fourth-order valence-electron chi connectivity index (χ4n) is 4.05. The lowest BCUT2D eigenvalue weighted by Crippen LogP contribution is -2.41. The molecule has 1 heterocycles. The van der Waals surface area contributed by atoms with Crippen molar-refractivity contribution in [2.75, 3.05) is 13.2 Å². The fourth-order valence-corrected chi connectivity index (χ4v) is 4.49. The van der Waals surface area contributed by atoms with Crippen molar-refractivity contribution in [2.45, 2.75) is 38.1 Å². The van der Waals surface area contributed by atoms with E-state index in [-0.39, 0.29) is 11.7 Å². The molecule has 3 aromatic carbocycles. The molecule has 0 aliphatic rings. The van der Waals surface area contributed by atoms with E-state index >= 15 is 0 Å². The number of benzene rings is 3. The maximum Gasteiger partial charge on any atom is 0.251 e. The average molecular weight is 616 g/mol. The number of nitrogens with zero attached hydrogens (tertiary/aromatic N) is 2. The molecule has 4 rings (SSSR count). The zero-order chi connectivity index (χ0) is 29.2. The summed E-state index contributed by atoms with van der Waals surface area (Å²) in [5.74, 6) is 0.0931. The standard InChI is InChI=1S/C30H29Cl3N4O4/c31-22-9-7-21(8-10-22)30(39)35-26(3-1-2-15-34)28(38)29-36-27(41-37-29)18-19-4-11-23(12-5-19)40-16-14-20-6-13-24(32)25(33)17-20/h4-13,17,26H,1-3,14-16,18,34H2,(H,35,39)/t26-/m0/s1. The molecule has 0 fully saturated rings. The number of unbranched alkanes of at least 4 members (excludes halogenated alkanes) is 1. The molecular formula is C30H29Cl3N4O4. The largest absolute Gasteiger partial charge is 0.493 e. The molecule has 1 aromatic heterocycles. The highest BCUT2D eigenvalue weighted by atomic mass is 35.5. The number of ether oxygens (including phenoxy) is 1. The molecule has 1 amide bonds. The third-order valence-corrected chi connectivity index (χ3v) is 7.28. The molecule has 1 atom stereocenters. The van der Waals surface area contributed by atoms with Crippen LogP contribution >= 0.6 is 34.8 Å². The highest BCUT2D eigenvalue weighted by Crippen LogP contribution is 2.23. The van der Waals surface area contributed by atoms with Gasteiger partial charge in [0.1, 0.15) is 5.75 Å². The Bertz CT molecular complexity index is 1460. The van der Waals surface area contributed by atoms with E-state index in [0.29, 0.717) is 71.6 Å². The van der Waals surface area contributed by atoms with Crippen LogP contribution < -0.4 is 15.8 Å². The molecule has 4 aromatic rings. The van der Waals surface area contributed by atoms with Crippen LogP contribution in [0.2, 0.25) is 15.1 Å². The highest BCUT2D eigenvalue weighted by molar-refractivity contribution is 6.42. The number of nitrogens with one attached hydrogen (secondary N) is 1. The van der Waals surface area contributed by atoms with Crippen molar-refractivity contribution in [3.8, 4) is 5.75 Å². The van der Waals surface area contributed by atoms with Crippen molar-refractivity contribution in [1.82, 2.24) is 15.5 Å². The van der Waals surface area contributed by atoms with Gasteiger partial charge >= 0.3 is 0 Å². The van der Waals surface area contributed by atoms with Gasteiger partial charge in [-0.05, 0) is 85.5 Å². The van der Waals surface area contributed by atoms with Gasteiger partial charge in [-0.2, -0.15) is 4.98 Å². The monoisotopic (exact) mass is 614 g/mol. The van der Waals surface area contributed by atoms with Crippen LogP contribution in [0.3, 0.4) is 0 Å². The van der Waals surface area contributed by atoms with Gasteiger partial charge in [0.2, 0.25) is 17.5 Å². The lowest BCUT2D eigenvalue weighted by molar-refractivity contribution is 0.0843. The molecule has 8 nitrogen and oxygen atoms in total. The SMILES string of the molecule is NCCCC[C@H](NC(=O)c1ccc(Cl)cc1)C(=O)c1noc(Cc2ccc(OCCc3ccc(Cl)c(Cl)c3)cc2)n1. The van der Waals surface area contributed by atoms with E-state index in [9.17, 15) is 9.59 Å². The molecular weight excluding hydrogens is 587 g/mol. The number of carbonyl (C=O) groups is 2. The molecule has 0 saturated carbocycles. The van der Waals surface area contributed by atoms with Crippen LogP contribution in [0, 0.1) is 0 Å². The van der Waals surface area contributed by atoms with E-state index in [1.807, 2.05) is 36.4 Å². The number of nitrogens with two attached hydrogens (primary N) is 1. The zero-order valence-electron chi connectivity index (χ0n) is 22.1. The first-order chi connectivity index (χ1) is 19.8. The summed E-state index contributed by atoms with van der Waals surface area (Å²) in [6.45, 7) is 0.965. The molecule has 0 unspecified atom stereocenters. The summed E-state index contributed by atoms with van der Waals surface area (Å²) in [6.07, 6.45) is 2.78. The summed E-state index contributed by atoms with van der Waals surface area (Å²) < 4.78 is 11.2. The Hall–Kier alpha value is -3.43. The molecule has 0 aliphatic carbocycles. The summed E-state index contributed by atoms with van der Waals surface area (Å²) >= 11 is 17.9. The van der Waals surface area contributed by atoms with Gasteiger partial charge in [0.05, 0.1) is 29.1 Å². The highest BCUT2D eigenvalue weighted by Gasteiger charge is 2.26. The van der Waals surface area contributed by atoms with Crippen LogP contribution in [-0.2, 0) is 12.8 Å². The summed E-state index contributed by atoms with van der Waals surface area (Å²) in [7, 11) is 0. The van der Waals surface area contributed by atoms with Gasteiger partial charge in [0.25, 0.3) is 5.91 Å². The van der Waals surface area contributed by atoms with Crippen LogP contribution in [0.25, 0.3) is 0 Å². The van der Waals surface area contributed by atoms with Crippen LogP contribution in [0.15, 0.2) is 71.3 Å². The van der Waals surface area contributed by atoms with Crippen molar-refractivity contribution in [2.24, 2.45) is 5.73 Å². The van der Waals surface area contributed by atoms with Gasteiger partial charge in [0.15, 0.2) is 0 Å². The number of aromatic nitrogens is 2. The van der Waals surface area contributed by atoms with E-state index in [4.69, 9.17) is 49.8 Å². The molecule has 11 heteroatoms. The number of halogens is 3. The predicted molar refractivity (Wildman–Crippen MR) is 159 cm³/mol. The summed E-state index contributed by atoms with van der Waals surface area (Å²) in [6, 6.07) is 18.6. The minimum absolute atomic E-state index is 0.0867. The molecule has 0 aliphatic heterocycles. The average Bonchev–Trinajstić information content (AvgIpc) is 3.44. The Morgan fingerprint density at radius 1 is 0.927 bits per heavy atom. The van der Waals surface area contributed by atoms with Crippen molar-refractivity contribution in [3.05, 3.63) is 110 Å². The van der Waals surface area contributed by atoms with Crippen LogP contribution in [-0.4, -0.2) is 41.0 Å². The van der Waals surface area contributed by atoms with Crippen molar-refractivity contribution >= 4 is 46.5 Å². The quantitative estimate of drug-likeness (QED) is 0.125. The molecule has 0 bridgehead atoms. The first-order valence-electron chi connectivity index (χ1n) is 13.1. The fraction of sp³-hybridized carbons (Fsp3) is 0.267. The third-order valence-electron chi connectivity index (χ3n) is 6.29. The van der Waals surface area contributed by atoms with Crippen molar-refractivity contribution in [3.63, 3.8) is 0 Å². The second-order valence-electron chi connectivity index (χ2n) is 9.36. The molecule has 214 valence electrons. The lowest BCUT2D eigenvalue weighted by Gasteiger charge is -2.16. The lowest BCUT2D eigenvalue weighted by atomic mass is 10.0. The van der Waals surface area contributed by atoms with E-state index in [2.05, 4.69) is 15.5 Å². The van der Waals surface area contributed by atoms with Crippen LogP contribution in [0.1, 0.15) is 57.3 Å². The maximum atomic E-state index is 13.2. The smallest absolute Gasteiger partial charge is 0.251 e. The van der Waals surface area contributed by atoms with Gasteiger partial charge < -0.3 is 20.3 Å². The minimum atomic E-state index is -0.824. The van der Waals surface area contributed by atoms with Gasteiger partial charge in [-0.3, -0.25) is 9.59 Å². The number of hydrogen-bond acceptors (Lipinski definition) is 7. The summed E-state index contributed by atoms with van der Waals surface area (Å²) in [5.41, 5.74) is 7.94. The molecule has 3 N–H and O–H groups in total. The van der Waals surface area contributed by atoms with E-state index in [1.165, 1.54) is 0 Å². The molecule has 0 saturated heterocycles. The van der Waals surface area contributed by atoms with Gasteiger partial charge in [-0.1, -0.05) is 58.2 Å². The number of carbonyl (C=O) groups excluding carboxylic acids is 2. The number of amides is 1. The number of ketones is 1. The number of Topliss-reactive ketones (excluding diaryl/α,β-unsaturated/α-hetero) is 1. The van der Waals surface area contributed by atoms with Gasteiger partial charge in [-0.15, -0.1) is 0 Å². The Labute approximate surface area is 253 Å². The molecule has 0 spiro atoms. The Kier molecular flexibility index (Phi) is 11.2. The van der Waals surface area contributed by atoms with Crippen molar-refractivity contribution in [1.29, 1.82) is 0 Å². The zero-order valence-corrected chi connectivity index (χ0v) is 24.4. The number of hydrogen-bond donors (Lipinski definition) is 2. The summed E-state index contributed by atoms with van der Waals surface area (Å²) in [4.78, 5) is 30.3. The van der Waals surface area contributed by atoms with Crippen LogP contribution in [0.4, 0.5) is 0 Å². The Morgan fingerprint density at radius 2 is 1.66 bits per heavy atom. The first kappa shape index (κ1) is 30.5. The van der Waals surface area contributed by atoms with Gasteiger partial charge in [-0.25, -0.2) is 0 Å². The third kappa shape index (κ3) is 9.03. The first-order valence-corrected chi connectivity index (χ1v) is 14.2. The van der Waals surface area contributed by atoms with Gasteiger partial charge in [0, 0.05) is 17.0 Å². The number of rotatable bonds is 14. The second-order valence-corrected chi connectivity index (χ2v) is 10.6. The topological polar surface area (TPSA) is 120 Å². The Morgan fingerprint density at radius 3 is 2.37 bits per heavy atom. The summed E-state index contributed by atoms with van der Waals surface area (Å²) in [5, 5.41) is 8.22. The Balaban J connectivity index is 1.33. The minimum Gasteiger partial charge on any atom is -0.493 e.